The van der Waals surface area contributed by atoms with E-state index in [4.69, 9.17) is 11.6 Å². The molecule has 0 heterocycles. The van der Waals surface area contributed by atoms with E-state index in [0.29, 0.717) is 10.9 Å². The minimum Gasteiger partial charge on any atom is -0.258 e. The zero-order valence-corrected chi connectivity index (χ0v) is 10.8. The van der Waals surface area contributed by atoms with E-state index >= 15 is 0 Å². The van der Waals surface area contributed by atoms with Gasteiger partial charge in [-0.25, -0.2) is 0 Å². The molecule has 0 radical (unpaired) electrons. The molecule has 0 fully saturated rings. The van der Waals surface area contributed by atoms with Crippen LogP contribution in [-0.4, -0.2) is 10.7 Å². The third kappa shape index (κ3) is 4.02. The number of non-ortho nitro benzene ring substituents is 1. The van der Waals surface area contributed by atoms with Gasteiger partial charge >= 0.3 is 0 Å². The summed E-state index contributed by atoms with van der Waals surface area (Å²) in [5.74, 6) is 2.36. The van der Waals surface area contributed by atoms with Crippen molar-refractivity contribution in [2.45, 2.75) is 19.6 Å². The van der Waals surface area contributed by atoms with Gasteiger partial charge in [-0.3, -0.25) is 10.1 Å². The SMILES string of the molecule is CC(C)CSCc1cc([N+](=O)[O-])ccc1Cl. The Morgan fingerprint density at radius 1 is 1.50 bits per heavy atom. The van der Waals surface area contributed by atoms with Crippen molar-refractivity contribution >= 4 is 29.1 Å². The molecule has 0 unspecified atom stereocenters. The highest BCUT2D eigenvalue weighted by Gasteiger charge is 2.09. The Kier molecular flexibility index (Phi) is 5.09. The van der Waals surface area contributed by atoms with E-state index < -0.39 is 4.92 Å². The predicted octanol–water partition coefficient (Wildman–Crippen LogP) is 4.14. The van der Waals surface area contributed by atoms with Crippen molar-refractivity contribution in [3.8, 4) is 0 Å². The standard InChI is InChI=1S/C11H14ClNO2S/c1-8(2)6-16-7-9-5-10(13(14)15)3-4-11(9)12/h3-5,8H,6-7H2,1-2H3. The van der Waals surface area contributed by atoms with Crippen molar-refractivity contribution in [1.29, 1.82) is 0 Å². The summed E-state index contributed by atoms with van der Waals surface area (Å²) in [5, 5.41) is 11.2. The molecule has 1 aromatic carbocycles. The quantitative estimate of drug-likeness (QED) is 0.590. The second-order valence-electron chi connectivity index (χ2n) is 3.94. The van der Waals surface area contributed by atoms with Crippen LogP contribution in [0.2, 0.25) is 5.02 Å². The highest BCUT2D eigenvalue weighted by Crippen LogP contribution is 2.26. The molecular formula is C11H14ClNO2S. The fourth-order valence-corrected chi connectivity index (χ4v) is 2.50. The van der Waals surface area contributed by atoms with Crippen molar-refractivity contribution in [1.82, 2.24) is 0 Å². The van der Waals surface area contributed by atoms with Crippen molar-refractivity contribution in [3.63, 3.8) is 0 Å². The molecule has 1 rings (SSSR count). The summed E-state index contributed by atoms with van der Waals surface area (Å²) in [4.78, 5) is 10.2. The Morgan fingerprint density at radius 3 is 2.75 bits per heavy atom. The number of nitrogens with zero attached hydrogens (tertiary/aromatic N) is 1. The minimum atomic E-state index is -0.396. The second-order valence-corrected chi connectivity index (χ2v) is 5.38. The molecule has 88 valence electrons. The number of nitro groups is 1. The summed E-state index contributed by atoms with van der Waals surface area (Å²) < 4.78 is 0. The number of hydrogen-bond donors (Lipinski definition) is 0. The first kappa shape index (κ1) is 13.3. The monoisotopic (exact) mass is 259 g/mol. The summed E-state index contributed by atoms with van der Waals surface area (Å²) in [6, 6.07) is 4.57. The van der Waals surface area contributed by atoms with Crippen LogP contribution in [0, 0.1) is 16.0 Å². The van der Waals surface area contributed by atoms with Crippen molar-refractivity contribution in [2.75, 3.05) is 5.75 Å². The Bertz CT molecular complexity index is 382. The molecule has 16 heavy (non-hydrogen) atoms. The van der Waals surface area contributed by atoms with E-state index in [-0.39, 0.29) is 5.69 Å². The van der Waals surface area contributed by atoms with E-state index in [1.807, 2.05) is 0 Å². The first-order valence-electron chi connectivity index (χ1n) is 5.01. The van der Waals surface area contributed by atoms with Crippen LogP contribution in [0.25, 0.3) is 0 Å². The molecule has 0 spiro atoms. The van der Waals surface area contributed by atoms with E-state index in [0.717, 1.165) is 17.1 Å². The molecule has 0 aliphatic carbocycles. The fourth-order valence-electron chi connectivity index (χ4n) is 1.19. The number of thioether (sulfide) groups is 1. The van der Waals surface area contributed by atoms with Gasteiger partial charge in [0.25, 0.3) is 5.69 Å². The maximum atomic E-state index is 10.6. The average molecular weight is 260 g/mol. The predicted molar refractivity (Wildman–Crippen MR) is 69.1 cm³/mol. The van der Waals surface area contributed by atoms with Gasteiger partial charge in [-0.1, -0.05) is 25.4 Å². The number of rotatable bonds is 5. The lowest BCUT2D eigenvalue weighted by Crippen LogP contribution is -1.94. The topological polar surface area (TPSA) is 43.1 Å². The molecule has 0 aliphatic heterocycles. The van der Waals surface area contributed by atoms with Crippen molar-refractivity contribution in [3.05, 3.63) is 38.9 Å². The van der Waals surface area contributed by atoms with Gasteiger partial charge in [0.1, 0.15) is 0 Å². The molecule has 1 aromatic rings. The number of halogens is 1. The maximum absolute atomic E-state index is 10.6. The summed E-state index contributed by atoms with van der Waals surface area (Å²) >= 11 is 7.72. The largest absolute Gasteiger partial charge is 0.269 e. The lowest BCUT2D eigenvalue weighted by molar-refractivity contribution is -0.384. The summed E-state index contributed by atoms with van der Waals surface area (Å²) in [6.07, 6.45) is 0. The van der Waals surface area contributed by atoms with Gasteiger partial charge < -0.3 is 0 Å². The average Bonchev–Trinajstić information content (AvgIpc) is 2.20. The van der Waals surface area contributed by atoms with E-state index in [1.165, 1.54) is 6.07 Å². The molecule has 0 bridgehead atoms. The van der Waals surface area contributed by atoms with Gasteiger partial charge in [-0.15, -0.1) is 0 Å². The van der Waals surface area contributed by atoms with Gasteiger partial charge in [0.2, 0.25) is 0 Å². The Balaban J connectivity index is 2.70. The van der Waals surface area contributed by atoms with Crippen molar-refractivity contribution < 1.29 is 4.92 Å². The van der Waals surface area contributed by atoms with E-state index in [2.05, 4.69) is 13.8 Å². The van der Waals surface area contributed by atoms with Gasteiger partial charge in [-0.05, 0) is 23.3 Å². The van der Waals surface area contributed by atoms with Crippen molar-refractivity contribution in [2.24, 2.45) is 5.92 Å². The van der Waals surface area contributed by atoms with Crippen LogP contribution in [-0.2, 0) is 5.75 Å². The third-order valence-corrected chi connectivity index (χ3v) is 3.74. The van der Waals surface area contributed by atoms with Gasteiger partial charge in [0, 0.05) is 22.9 Å². The van der Waals surface area contributed by atoms with Gasteiger partial charge in [-0.2, -0.15) is 11.8 Å². The fraction of sp³-hybridized carbons (Fsp3) is 0.455. The van der Waals surface area contributed by atoms with Crippen LogP contribution in [0.3, 0.4) is 0 Å². The molecule has 0 atom stereocenters. The van der Waals surface area contributed by atoms with Crippen LogP contribution < -0.4 is 0 Å². The Hall–Kier alpha value is -0.740. The lowest BCUT2D eigenvalue weighted by Gasteiger charge is -2.06. The molecule has 0 saturated carbocycles. The molecular weight excluding hydrogens is 246 g/mol. The summed E-state index contributed by atoms with van der Waals surface area (Å²) in [6.45, 7) is 4.28. The molecule has 3 nitrogen and oxygen atoms in total. The zero-order chi connectivity index (χ0) is 12.1. The summed E-state index contributed by atoms with van der Waals surface area (Å²) in [5.41, 5.74) is 0.936. The highest BCUT2D eigenvalue weighted by molar-refractivity contribution is 7.98. The van der Waals surface area contributed by atoms with E-state index in [1.54, 1.807) is 23.9 Å². The third-order valence-electron chi connectivity index (χ3n) is 1.95. The first-order chi connectivity index (χ1) is 7.50. The number of nitro benzene ring substituents is 1. The molecule has 0 saturated heterocycles. The Morgan fingerprint density at radius 2 is 2.19 bits per heavy atom. The minimum absolute atomic E-state index is 0.101. The Labute approximate surface area is 104 Å². The van der Waals surface area contributed by atoms with Crippen LogP contribution in [0.4, 0.5) is 5.69 Å². The van der Waals surface area contributed by atoms with Crippen LogP contribution >= 0.6 is 23.4 Å². The maximum Gasteiger partial charge on any atom is 0.269 e. The molecule has 0 aromatic heterocycles. The van der Waals surface area contributed by atoms with Gasteiger partial charge in [0.05, 0.1) is 4.92 Å². The van der Waals surface area contributed by atoms with Gasteiger partial charge in [0.15, 0.2) is 0 Å². The smallest absolute Gasteiger partial charge is 0.258 e. The zero-order valence-electron chi connectivity index (χ0n) is 9.27. The van der Waals surface area contributed by atoms with Crippen LogP contribution in [0.15, 0.2) is 18.2 Å². The second kappa shape index (κ2) is 6.11. The summed E-state index contributed by atoms with van der Waals surface area (Å²) in [7, 11) is 0. The molecule has 5 heteroatoms. The number of benzene rings is 1. The molecule has 0 aliphatic rings. The lowest BCUT2D eigenvalue weighted by atomic mass is 10.2. The highest BCUT2D eigenvalue weighted by atomic mass is 35.5. The normalized spacial score (nSPS) is 10.8. The van der Waals surface area contributed by atoms with E-state index in [9.17, 15) is 10.1 Å². The number of hydrogen-bond acceptors (Lipinski definition) is 3. The van der Waals surface area contributed by atoms with Crippen LogP contribution in [0.1, 0.15) is 19.4 Å². The molecule has 0 N–H and O–H groups in total. The molecule has 0 amide bonds. The first-order valence-corrected chi connectivity index (χ1v) is 6.54. The van der Waals surface area contributed by atoms with Crippen LogP contribution in [0.5, 0.6) is 0 Å².